The van der Waals surface area contributed by atoms with E-state index in [2.05, 4.69) is 37.2 Å². The van der Waals surface area contributed by atoms with Gasteiger partial charge in [-0.05, 0) is 44.2 Å². The number of nitrogens with one attached hydrogen (secondary N) is 1. The maximum atomic E-state index is 13.0. The van der Waals surface area contributed by atoms with Crippen molar-refractivity contribution in [3.8, 4) is 0 Å². The average molecular weight is 484 g/mol. The number of nitrogens with zero attached hydrogens (tertiary/aromatic N) is 1. The fourth-order valence-electron chi connectivity index (χ4n) is 4.75. The molecule has 0 unspecified atom stereocenters. The molecule has 1 N–H and O–H groups in total. The number of carbonyl (C=O) groups is 3. The van der Waals surface area contributed by atoms with Gasteiger partial charge in [-0.1, -0.05) is 49.6 Å². The molecule has 3 amide bonds. The Bertz CT molecular complexity index is 749. The minimum atomic E-state index is -0.816. The van der Waals surface area contributed by atoms with E-state index in [1.807, 2.05) is 31.2 Å². The molecule has 1 heterocycles. The van der Waals surface area contributed by atoms with Crippen LogP contribution in [-0.4, -0.2) is 38.3 Å². The summed E-state index contributed by atoms with van der Waals surface area (Å²) in [6, 6.07) is 6.62. The van der Waals surface area contributed by atoms with Crippen LogP contribution in [0, 0.1) is 30.6 Å². The van der Waals surface area contributed by atoms with Crippen LogP contribution in [0.3, 0.4) is 0 Å². The number of hydrogen-bond acceptors (Lipinski definition) is 3. The van der Waals surface area contributed by atoms with E-state index in [-0.39, 0.29) is 51.0 Å². The van der Waals surface area contributed by atoms with Crippen LogP contribution in [0.1, 0.15) is 18.9 Å². The highest BCUT2D eigenvalue weighted by atomic mass is 79.9. The lowest BCUT2D eigenvalue weighted by molar-refractivity contribution is -0.146. The first-order chi connectivity index (χ1) is 12.3. The monoisotopic (exact) mass is 482 g/mol. The van der Waals surface area contributed by atoms with Crippen LogP contribution in [-0.2, 0) is 14.4 Å². The largest absolute Gasteiger partial charge is 0.324 e. The molecule has 1 aromatic carbocycles. The van der Waals surface area contributed by atoms with E-state index in [1.165, 1.54) is 4.90 Å². The van der Waals surface area contributed by atoms with Gasteiger partial charge in [-0.15, -0.1) is 0 Å². The van der Waals surface area contributed by atoms with E-state index in [0.29, 0.717) is 5.69 Å². The Morgan fingerprint density at radius 3 is 2.08 bits per heavy atom. The maximum Gasteiger partial charge on any atom is 0.247 e. The molecule has 7 atom stereocenters. The van der Waals surface area contributed by atoms with Crippen LogP contribution in [0.25, 0.3) is 0 Å². The highest BCUT2D eigenvalue weighted by molar-refractivity contribution is 9.12. The third-order valence-corrected chi connectivity index (χ3v) is 9.31. The lowest BCUT2D eigenvalue weighted by atomic mass is 9.81. The number of imide groups is 1. The molecule has 2 saturated carbocycles. The molecule has 0 radical (unpaired) electrons. The summed E-state index contributed by atoms with van der Waals surface area (Å²) in [4.78, 5) is 40.2. The molecule has 2 aliphatic carbocycles. The van der Waals surface area contributed by atoms with Crippen molar-refractivity contribution >= 4 is 55.3 Å². The number of amides is 3. The second-order valence-electron chi connectivity index (χ2n) is 7.58. The number of halogens is 2. The number of carbonyl (C=O) groups excluding carboxylic acids is 3. The van der Waals surface area contributed by atoms with E-state index >= 15 is 0 Å². The highest BCUT2D eigenvalue weighted by Gasteiger charge is 2.67. The summed E-state index contributed by atoms with van der Waals surface area (Å²) in [6.45, 7) is 3.59. The number of alkyl halides is 2. The third-order valence-electron chi connectivity index (χ3n) is 6.11. The van der Waals surface area contributed by atoms with Crippen LogP contribution in [0.5, 0.6) is 0 Å². The zero-order chi connectivity index (χ0) is 18.7. The smallest absolute Gasteiger partial charge is 0.247 e. The molecule has 3 fully saturated rings. The van der Waals surface area contributed by atoms with Gasteiger partial charge in [0.05, 0.1) is 11.8 Å². The molecular weight excluding hydrogens is 464 g/mol. The minimum absolute atomic E-state index is 0.156. The van der Waals surface area contributed by atoms with Gasteiger partial charge in [-0.25, -0.2) is 0 Å². The van der Waals surface area contributed by atoms with Gasteiger partial charge < -0.3 is 5.32 Å². The van der Waals surface area contributed by atoms with Gasteiger partial charge in [-0.3, -0.25) is 19.3 Å². The van der Waals surface area contributed by atoms with Crippen molar-refractivity contribution in [1.82, 2.24) is 4.90 Å². The number of rotatable bonds is 3. The molecule has 138 valence electrons. The molecule has 7 heteroatoms. The summed E-state index contributed by atoms with van der Waals surface area (Å²) in [5.41, 5.74) is 1.76. The molecule has 1 saturated heterocycles. The summed E-state index contributed by atoms with van der Waals surface area (Å²) in [6.07, 6.45) is 0.885. The molecule has 2 bridgehead atoms. The van der Waals surface area contributed by atoms with E-state index in [0.717, 1.165) is 12.0 Å². The second kappa shape index (κ2) is 6.44. The number of aryl methyl sites for hydroxylation is 1. The van der Waals surface area contributed by atoms with Gasteiger partial charge in [0.1, 0.15) is 6.04 Å². The topological polar surface area (TPSA) is 66.5 Å². The van der Waals surface area contributed by atoms with Crippen molar-refractivity contribution < 1.29 is 14.4 Å². The molecule has 1 aromatic rings. The number of benzene rings is 1. The molecular formula is C19H20Br2N2O3. The quantitative estimate of drug-likeness (QED) is 0.530. The SMILES string of the molecule is Cc1ccc(NC(=O)[C@H](C)N2C(=O)[C@@H]3[C@H]4C[C@@H]([C@H](Br)[C@@H]4Br)[C@@H]3C2=O)cc1. The van der Waals surface area contributed by atoms with Crippen LogP contribution in [0.2, 0.25) is 0 Å². The number of likely N-dealkylation sites (tertiary alicyclic amines) is 1. The predicted octanol–water partition coefficient (Wildman–Crippen LogP) is 3.10. The average Bonchev–Trinajstić information content (AvgIpc) is 3.21. The Labute approximate surface area is 169 Å². The van der Waals surface area contributed by atoms with E-state index in [4.69, 9.17) is 0 Å². The van der Waals surface area contributed by atoms with Crippen molar-refractivity contribution in [3.05, 3.63) is 29.8 Å². The van der Waals surface area contributed by atoms with Crippen LogP contribution >= 0.6 is 31.9 Å². The first kappa shape index (κ1) is 18.2. The number of hydrogen-bond donors (Lipinski definition) is 1. The first-order valence-corrected chi connectivity index (χ1v) is 10.7. The number of anilines is 1. The van der Waals surface area contributed by atoms with E-state index < -0.39 is 6.04 Å². The number of fused-ring (bicyclic) bond motifs is 5. The molecule has 4 rings (SSSR count). The molecule has 5 nitrogen and oxygen atoms in total. The van der Waals surface area contributed by atoms with Crippen molar-refractivity contribution in [2.75, 3.05) is 5.32 Å². The zero-order valence-corrected chi connectivity index (χ0v) is 17.7. The Kier molecular flexibility index (Phi) is 4.50. The maximum absolute atomic E-state index is 13.0. The zero-order valence-electron chi connectivity index (χ0n) is 14.5. The Morgan fingerprint density at radius 2 is 1.58 bits per heavy atom. The van der Waals surface area contributed by atoms with Crippen LogP contribution in [0.4, 0.5) is 5.69 Å². The molecule has 3 aliphatic rings. The van der Waals surface area contributed by atoms with Gasteiger partial charge >= 0.3 is 0 Å². The molecule has 0 aromatic heterocycles. The highest BCUT2D eigenvalue weighted by Crippen LogP contribution is 2.60. The van der Waals surface area contributed by atoms with Gasteiger partial charge in [0.2, 0.25) is 17.7 Å². The predicted molar refractivity (Wildman–Crippen MR) is 105 cm³/mol. The van der Waals surface area contributed by atoms with Crippen LogP contribution in [0.15, 0.2) is 24.3 Å². The van der Waals surface area contributed by atoms with Gasteiger partial charge in [0, 0.05) is 15.3 Å². The normalized spacial score (nSPS) is 36.4. The minimum Gasteiger partial charge on any atom is -0.324 e. The summed E-state index contributed by atoms with van der Waals surface area (Å²) in [5.74, 6) is -0.994. The van der Waals surface area contributed by atoms with Crippen molar-refractivity contribution in [2.45, 2.75) is 36.0 Å². The Morgan fingerprint density at radius 1 is 1.08 bits per heavy atom. The Balaban J connectivity index is 1.53. The van der Waals surface area contributed by atoms with Gasteiger partial charge in [-0.2, -0.15) is 0 Å². The van der Waals surface area contributed by atoms with E-state index in [1.54, 1.807) is 6.92 Å². The van der Waals surface area contributed by atoms with Gasteiger partial charge in [0.25, 0.3) is 0 Å². The van der Waals surface area contributed by atoms with Crippen molar-refractivity contribution in [3.63, 3.8) is 0 Å². The summed E-state index contributed by atoms with van der Waals surface area (Å²) in [5, 5.41) is 2.80. The van der Waals surface area contributed by atoms with Crippen molar-refractivity contribution in [1.29, 1.82) is 0 Å². The molecule has 26 heavy (non-hydrogen) atoms. The fraction of sp³-hybridized carbons (Fsp3) is 0.526. The molecule has 0 spiro atoms. The Hall–Kier alpha value is -1.21. The lowest BCUT2D eigenvalue weighted by Crippen LogP contribution is -2.46. The summed E-state index contributed by atoms with van der Waals surface area (Å²) >= 11 is 7.34. The lowest BCUT2D eigenvalue weighted by Gasteiger charge is -2.28. The first-order valence-electron chi connectivity index (χ1n) is 8.84. The second-order valence-corrected chi connectivity index (χ2v) is 9.70. The van der Waals surface area contributed by atoms with Crippen LogP contribution < -0.4 is 5.32 Å². The van der Waals surface area contributed by atoms with Gasteiger partial charge in [0.15, 0.2) is 0 Å². The van der Waals surface area contributed by atoms with E-state index in [9.17, 15) is 14.4 Å². The molecule has 1 aliphatic heterocycles. The standard InChI is InChI=1S/C19H20Br2N2O3/c1-8-3-5-10(6-4-8)22-17(24)9(2)23-18(25)13-11-7-12(14(13)19(23)26)16(21)15(11)20/h3-6,9,11-16H,7H2,1-2H3,(H,22,24)/t9-,11+,12+,13-,14+,15-,16+/m0/s1. The van der Waals surface area contributed by atoms with Crippen molar-refractivity contribution in [2.24, 2.45) is 23.7 Å². The summed E-state index contributed by atoms with van der Waals surface area (Å²) < 4.78 is 0. The third kappa shape index (κ3) is 2.58. The summed E-state index contributed by atoms with van der Waals surface area (Å²) in [7, 11) is 0. The fourth-order valence-corrected chi connectivity index (χ4v) is 6.63.